The Morgan fingerprint density at radius 1 is 1.11 bits per heavy atom. The number of nitrogens with one attached hydrogen (secondary N) is 1. The lowest BCUT2D eigenvalue weighted by Crippen LogP contribution is -2.53. The Kier molecular flexibility index (Phi) is 6.07. The van der Waals surface area contributed by atoms with Crippen molar-refractivity contribution in [2.75, 3.05) is 13.1 Å². The predicted molar refractivity (Wildman–Crippen MR) is 126 cm³/mol. The van der Waals surface area contributed by atoms with Crippen molar-refractivity contribution in [3.8, 4) is 0 Å². The van der Waals surface area contributed by atoms with Crippen LogP contribution in [0.2, 0.25) is 0 Å². The summed E-state index contributed by atoms with van der Waals surface area (Å²) in [7, 11) is 0. The van der Waals surface area contributed by atoms with E-state index in [-0.39, 0.29) is 37.0 Å². The van der Waals surface area contributed by atoms with Crippen LogP contribution in [-0.2, 0) is 20.9 Å². The molecule has 2 atom stereocenters. The van der Waals surface area contributed by atoms with Gasteiger partial charge in [0.2, 0.25) is 11.8 Å². The Bertz CT molecular complexity index is 1230. The Labute approximate surface area is 202 Å². The number of piperidine rings is 1. The van der Waals surface area contributed by atoms with Crippen LogP contribution in [-0.4, -0.2) is 57.7 Å². The monoisotopic (exact) mass is 474 g/mol. The van der Waals surface area contributed by atoms with E-state index in [2.05, 4.69) is 5.32 Å². The number of fused-ring (bicyclic) bond motifs is 1. The summed E-state index contributed by atoms with van der Waals surface area (Å²) in [4.78, 5) is 57.3. The topological polar surface area (TPSA) is 109 Å². The fraction of sp³-hybridized carbons (Fsp3) is 0.346. The molecule has 1 aromatic heterocycles. The zero-order valence-corrected chi connectivity index (χ0v) is 19.4. The highest BCUT2D eigenvalue weighted by Crippen LogP contribution is 2.36. The lowest BCUT2D eigenvalue weighted by molar-refractivity contribution is -0.137. The molecule has 9 heteroatoms. The van der Waals surface area contributed by atoms with E-state index in [4.69, 9.17) is 9.72 Å². The van der Waals surface area contributed by atoms with Crippen molar-refractivity contribution in [3.63, 3.8) is 0 Å². The number of hydrogen-bond donors (Lipinski definition) is 1. The molecule has 1 aromatic carbocycles. The molecule has 0 saturated carbocycles. The van der Waals surface area contributed by atoms with Gasteiger partial charge in [0.05, 0.1) is 23.0 Å². The van der Waals surface area contributed by atoms with Gasteiger partial charge in [-0.25, -0.2) is 4.79 Å². The van der Waals surface area contributed by atoms with E-state index in [1.54, 1.807) is 11.0 Å². The third-order valence-electron chi connectivity index (χ3n) is 6.75. The molecule has 1 N–H and O–H groups in total. The van der Waals surface area contributed by atoms with E-state index in [1.807, 2.05) is 49.4 Å². The highest BCUT2D eigenvalue weighted by atomic mass is 16.6. The Morgan fingerprint density at radius 2 is 1.91 bits per heavy atom. The molecule has 35 heavy (non-hydrogen) atoms. The maximum atomic E-state index is 13.1. The summed E-state index contributed by atoms with van der Waals surface area (Å²) in [6, 6.07) is 12.0. The zero-order chi connectivity index (χ0) is 24.5. The third kappa shape index (κ3) is 4.41. The highest BCUT2D eigenvalue weighted by molar-refractivity contribution is 6.05. The molecule has 1 unspecified atom stereocenters. The fourth-order valence-corrected chi connectivity index (χ4v) is 4.84. The van der Waals surface area contributed by atoms with E-state index < -0.39 is 11.9 Å². The van der Waals surface area contributed by atoms with Crippen molar-refractivity contribution in [2.24, 2.45) is 0 Å². The molecule has 0 bridgehead atoms. The van der Waals surface area contributed by atoms with Gasteiger partial charge in [-0.3, -0.25) is 24.7 Å². The van der Waals surface area contributed by atoms with Crippen LogP contribution in [0.5, 0.6) is 0 Å². The SMILES string of the molecule is CC1c2nc(C3=CCN(C(=O)OCc4ccccc4)CC3)ccc2C(=O)N1[C@H]1CCC(=O)NC1=O. The van der Waals surface area contributed by atoms with Crippen molar-refractivity contribution in [2.45, 2.75) is 44.9 Å². The molecule has 1 fully saturated rings. The standard InChI is InChI=1S/C26H26N4O5/c1-16-23-19(25(33)30(16)21-9-10-22(31)28-24(21)32)7-8-20(27-23)18-11-13-29(14-12-18)26(34)35-15-17-5-3-2-4-6-17/h2-8,11,16,21H,9-10,12-15H2,1H3,(H,28,31,32)/t16?,21-/m0/s1. The largest absolute Gasteiger partial charge is 0.445 e. The number of aromatic nitrogens is 1. The number of nitrogens with zero attached hydrogens (tertiary/aromatic N) is 3. The third-order valence-corrected chi connectivity index (χ3v) is 6.75. The number of carbonyl (C=O) groups excluding carboxylic acids is 4. The first-order valence-corrected chi connectivity index (χ1v) is 11.7. The number of pyridine rings is 1. The van der Waals surface area contributed by atoms with Gasteiger partial charge in [0.15, 0.2) is 0 Å². The molecule has 9 nitrogen and oxygen atoms in total. The van der Waals surface area contributed by atoms with Gasteiger partial charge in [-0.15, -0.1) is 0 Å². The zero-order valence-electron chi connectivity index (χ0n) is 19.4. The average molecular weight is 475 g/mol. The second-order valence-corrected chi connectivity index (χ2v) is 8.95. The summed E-state index contributed by atoms with van der Waals surface area (Å²) >= 11 is 0. The molecule has 0 aliphatic carbocycles. The van der Waals surface area contributed by atoms with Crippen molar-refractivity contribution in [1.29, 1.82) is 0 Å². The van der Waals surface area contributed by atoms with Crippen LogP contribution in [0.25, 0.3) is 5.57 Å². The van der Waals surface area contributed by atoms with Crippen LogP contribution in [0, 0.1) is 0 Å². The van der Waals surface area contributed by atoms with Crippen molar-refractivity contribution in [1.82, 2.24) is 20.1 Å². The molecule has 3 aliphatic rings. The van der Waals surface area contributed by atoms with Crippen molar-refractivity contribution >= 4 is 29.4 Å². The number of benzene rings is 1. The quantitative estimate of drug-likeness (QED) is 0.683. The van der Waals surface area contributed by atoms with Gasteiger partial charge in [-0.2, -0.15) is 0 Å². The predicted octanol–water partition coefficient (Wildman–Crippen LogP) is 2.83. The minimum atomic E-state index is -0.683. The summed E-state index contributed by atoms with van der Waals surface area (Å²) in [6.07, 6.45) is 2.74. The number of hydrogen-bond acceptors (Lipinski definition) is 6. The van der Waals surface area contributed by atoms with Crippen LogP contribution < -0.4 is 5.32 Å². The van der Waals surface area contributed by atoms with E-state index in [0.29, 0.717) is 37.2 Å². The summed E-state index contributed by atoms with van der Waals surface area (Å²) in [5.74, 6) is -1.000. The number of imide groups is 1. The van der Waals surface area contributed by atoms with E-state index in [0.717, 1.165) is 16.8 Å². The molecular weight excluding hydrogens is 448 g/mol. The van der Waals surface area contributed by atoms with Crippen molar-refractivity contribution < 1.29 is 23.9 Å². The fourth-order valence-electron chi connectivity index (χ4n) is 4.84. The minimum absolute atomic E-state index is 0.207. The number of amides is 4. The van der Waals surface area contributed by atoms with Crippen LogP contribution in [0.15, 0.2) is 48.5 Å². The van der Waals surface area contributed by atoms with Gasteiger partial charge in [0.25, 0.3) is 5.91 Å². The van der Waals surface area contributed by atoms with Crippen LogP contribution >= 0.6 is 0 Å². The maximum absolute atomic E-state index is 13.1. The Hall–Kier alpha value is -4.01. The van der Waals surface area contributed by atoms with Gasteiger partial charge in [0, 0.05) is 19.5 Å². The molecule has 3 aliphatic heterocycles. The summed E-state index contributed by atoms with van der Waals surface area (Å²) < 4.78 is 5.43. The molecular formula is C26H26N4O5. The Balaban J connectivity index is 1.26. The molecule has 2 aromatic rings. The van der Waals surface area contributed by atoms with E-state index in [9.17, 15) is 19.2 Å². The van der Waals surface area contributed by atoms with Crippen LogP contribution in [0.4, 0.5) is 4.79 Å². The van der Waals surface area contributed by atoms with Gasteiger partial charge in [0.1, 0.15) is 12.6 Å². The van der Waals surface area contributed by atoms with Crippen LogP contribution in [0.3, 0.4) is 0 Å². The first kappa shape index (κ1) is 22.8. The van der Waals surface area contributed by atoms with Crippen molar-refractivity contribution in [3.05, 3.63) is 71.1 Å². The molecule has 180 valence electrons. The summed E-state index contributed by atoms with van der Waals surface area (Å²) in [5.41, 5.74) is 3.80. The number of rotatable bonds is 4. The van der Waals surface area contributed by atoms with Crippen LogP contribution in [0.1, 0.15) is 59.5 Å². The molecule has 5 rings (SSSR count). The number of ether oxygens (including phenoxy) is 1. The second-order valence-electron chi connectivity index (χ2n) is 8.95. The minimum Gasteiger partial charge on any atom is -0.445 e. The smallest absolute Gasteiger partial charge is 0.410 e. The van der Waals surface area contributed by atoms with E-state index in [1.165, 1.54) is 4.90 Å². The first-order chi connectivity index (χ1) is 16.9. The van der Waals surface area contributed by atoms with Gasteiger partial charge >= 0.3 is 6.09 Å². The molecule has 1 saturated heterocycles. The summed E-state index contributed by atoms with van der Waals surface area (Å²) in [5, 5.41) is 2.32. The molecule has 4 heterocycles. The van der Waals surface area contributed by atoms with Gasteiger partial charge in [-0.05, 0) is 43.0 Å². The average Bonchev–Trinajstić information content (AvgIpc) is 3.12. The highest BCUT2D eigenvalue weighted by Gasteiger charge is 2.44. The Morgan fingerprint density at radius 3 is 2.63 bits per heavy atom. The maximum Gasteiger partial charge on any atom is 0.410 e. The second kappa shape index (κ2) is 9.32. The molecule has 4 amide bonds. The lowest BCUT2D eigenvalue weighted by Gasteiger charge is -2.32. The van der Waals surface area contributed by atoms with Gasteiger partial charge in [-0.1, -0.05) is 36.4 Å². The number of carbonyl (C=O) groups is 4. The lowest BCUT2D eigenvalue weighted by atomic mass is 10.0. The normalized spacial score (nSPS) is 22.0. The van der Waals surface area contributed by atoms with Gasteiger partial charge < -0.3 is 14.5 Å². The molecule has 0 radical (unpaired) electrons. The molecule has 0 spiro atoms. The van der Waals surface area contributed by atoms with E-state index >= 15 is 0 Å². The first-order valence-electron chi connectivity index (χ1n) is 11.7. The summed E-state index contributed by atoms with van der Waals surface area (Å²) in [6.45, 7) is 3.01.